The number of hydrogen-bond donors (Lipinski definition) is 2. The Morgan fingerprint density at radius 1 is 1.21 bits per heavy atom. The Labute approximate surface area is 114 Å². The van der Waals surface area contributed by atoms with E-state index in [2.05, 4.69) is 5.32 Å². The SMILES string of the molecule is CC1CCC(C(N)=O)CN1C(=O)CNC1CCCC1. The molecule has 0 radical (unpaired) electrons. The standard InChI is InChI=1S/C14H25N3O2/c1-10-6-7-11(14(15)19)9-17(10)13(18)8-16-12-4-2-3-5-12/h10-12,16H,2-9H2,1H3,(H2,15,19). The number of primary amides is 1. The molecule has 108 valence electrons. The second kappa shape index (κ2) is 6.37. The minimum absolute atomic E-state index is 0.102. The molecule has 2 aliphatic rings. The van der Waals surface area contributed by atoms with Crippen LogP contribution in [0.1, 0.15) is 45.4 Å². The Morgan fingerprint density at radius 3 is 2.53 bits per heavy atom. The number of piperidine rings is 1. The van der Waals surface area contributed by atoms with Gasteiger partial charge in [0.1, 0.15) is 0 Å². The molecule has 2 rings (SSSR count). The average molecular weight is 267 g/mol. The topological polar surface area (TPSA) is 75.4 Å². The minimum Gasteiger partial charge on any atom is -0.369 e. The van der Waals surface area contributed by atoms with Crippen LogP contribution in [0.15, 0.2) is 0 Å². The first-order chi connectivity index (χ1) is 9.08. The summed E-state index contributed by atoms with van der Waals surface area (Å²) >= 11 is 0. The molecule has 5 heteroatoms. The molecular weight excluding hydrogens is 242 g/mol. The molecule has 2 atom stereocenters. The molecule has 0 aromatic carbocycles. The maximum absolute atomic E-state index is 12.2. The summed E-state index contributed by atoms with van der Waals surface area (Å²) in [7, 11) is 0. The van der Waals surface area contributed by atoms with Crippen molar-refractivity contribution in [2.75, 3.05) is 13.1 Å². The molecule has 2 unspecified atom stereocenters. The number of nitrogens with one attached hydrogen (secondary N) is 1. The third-order valence-electron chi connectivity index (χ3n) is 4.50. The van der Waals surface area contributed by atoms with E-state index in [1.54, 1.807) is 0 Å². The van der Waals surface area contributed by atoms with E-state index in [4.69, 9.17) is 5.73 Å². The maximum atomic E-state index is 12.2. The highest BCUT2D eigenvalue weighted by atomic mass is 16.2. The van der Waals surface area contributed by atoms with E-state index in [9.17, 15) is 9.59 Å². The molecule has 0 aromatic heterocycles. The molecule has 3 N–H and O–H groups in total. The van der Waals surface area contributed by atoms with Crippen molar-refractivity contribution in [3.63, 3.8) is 0 Å². The van der Waals surface area contributed by atoms with Gasteiger partial charge in [0.2, 0.25) is 11.8 Å². The van der Waals surface area contributed by atoms with Gasteiger partial charge in [-0.05, 0) is 32.6 Å². The van der Waals surface area contributed by atoms with Crippen molar-refractivity contribution in [2.45, 2.75) is 57.5 Å². The van der Waals surface area contributed by atoms with Gasteiger partial charge in [0.15, 0.2) is 0 Å². The smallest absolute Gasteiger partial charge is 0.236 e. The highest BCUT2D eigenvalue weighted by Crippen LogP contribution is 2.22. The van der Waals surface area contributed by atoms with Crippen LogP contribution in [-0.4, -0.2) is 41.9 Å². The fourth-order valence-corrected chi connectivity index (χ4v) is 3.15. The van der Waals surface area contributed by atoms with E-state index in [0.29, 0.717) is 19.1 Å². The Kier molecular flexibility index (Phi) is 4.80. The van der Waals surface area contributed by atoms with Gasteiger partial charge in [0.05, 0.1) is 12.5 Å². The Balaban J connectivity index is 1.83. The highest BCUT2D eigenvalue weighted by Gasteiger charge is 2.31. The number of nitrogens with zero attached hydrogens (tertiary/aromatic N) is 1. The van der Waals surface area contributed by atoms with Crippen molar-refractivity contribution in [3.05, 3.63) is 0 Å². The molecule has 0 aromatic rings. The summed E-state index contributed by atoms with van der Waals surface area (Å²) in [6.07, 6.45) is 6.53. The number of carbonyl (C=O) groups is 2. The third kappa shape index (κ3) is 3.69. The van der Waals surface area contributed by atoms with Crippen molar-refractivity contribution in [1.29, 1.82) is 0 Å². The number of hydrogen-bond acceptors (Lipinski definition) is 3. The molecule has 19 heavy (non-hydrogen) atoms. The highest BCUT2D eigenvalue weighted by molar-refractivity contribution is 5.81. The first kappa shape index (κ1) is 14.3. The van der Waals surface area contributed by atoms with Crippen LogP contribution in [0.25, 0.3) is 0 Å². The quantitative estimate of drug-likeness (QED) is 0.784. The van der Waals surface area contributed by atoms with Gasteiger partial charge >= 0.3 is 0 Å². The van der Waals surface area contributed by atoms with Crippen LogP contribution in [0.5, 0.6) is 0 Å². The van der Waals surface area contributed by atoms with Crippen molar-refractivity contribution < 1.29 is 9.59 Å². The number of rotatable bonds is 4. The first-order valence-corrected chi connectivity index (χ1v) is 7.40. The molecule has 1 aliphatic carbocycles. The van der Waals surface area contributed by atoms with Crippen LogP contribution >= 0.6 is 0 Å². The van der Waals surface area contributed by atoms with E-state index in [-0.39, 0.29) is 23.8 Å². The van der Waals surface area contributed by atoms with Crippen molar-refractivity contribution >= 4 is 11.8 Å². The van der Waals surface area contributed by atoms with E-state index >= 15 is 0 Å². The molecule has 0 spiro atoms. The van der Waals surface area contributed by atoms with Gasteiger partial charge < -0.3 is 16.0 Å². The van der Waals surface area contributed by atoms with Gasteiger partial charge in [-0.25, -0.2) is 0 Å². The number of likely N-dealkylation sites (tertiary alicyclic amines) is 1. The van der Waals surface area contributed by atoms with Crippen molar-refractivity contribution in [2.24, 2.45) is 11.7 Å². The van der Waals surface area contributed by atoms with Crippen LogP contribution in [0.3, 0.4) is 0 Å². The van der Waals surface area contributed by atoms with Gasteiger partial charge in [-0.1, -0.05) is 12.8 Å². The van der Waals surface area contributed by atoms with E-state index < -0.39 is 0 Å². The molecule has 5 nitrogen and oxygen atoms in total. The summed E-state index contributed by atoms with van der Waals surface area (Å²) in [4.78, 5) is 25.3. The molecule has 1 heterocycles. The van der Waals surface area contributed by atoms with Gasteiger partial charge in [-0.3, -0.25) is 9.59 Å². The molecule has 2 amide bonds. The van der Waals surface area contributed by atoms with Crippen LogP contribution in [0.2, 0.25) is 0 Å². The zero-order valence-electron chi connectivity index (χ0n) is 11.7. The number of carbonyl (C=O) groups excluding carboxylic acids is 2. The van der Waals surface area contributed by atoms with Gasteiger partial charge in [0.25, 0.3) is 0 Å². The molecule has 1 saturated heterocycles. The summed E-state index contributed by atoms with van der Waals surface area (Å²) in [5.41, 5.74) is 5.36. The minimum atomic E-state index is -0.284. The Hall–Kier alpha value is -1.10. The van der Waals surface area contributed by atoms with E-state index in [0.717, 1.165) is 12.8 Å². The lowest BCUT2D eigenvalue weighted by atomic mass is 9.93. The van der Waals surface area contributed by atoms with Crippen molar-refractivity contribution in [1.82, 2.24) is 10.2 Å². The summed E-state index contributed by atoms with van der Waals surface area (Å²) in [5, 5.41) is 3.34. The zero-order valence-corrected chi connectivity index (χ0v) is 11.7. The molecule has 2 fully saturated rings. The molecular formula is C14H25N3O2. The average Bonchev–Trinajstić information content (AvgIpc) is 2.89. The summed E-state index contributed by atoms with van der Waals surface area (Å²) in [6, 6.07) is 0.712. The summed E-state index contributed by atoms with van der Waals surface area (Å²) in [5.74, 6) is -0.356. The van der Waals surface area contributed by atoms with Crippen LogP contribution in [0, 0.1) is 5.92 Å². The summed E-state index contributed by atoms with van der Waals surface area (Å²) in [6.45, 7) is 2.92. The van der Waals surface area contributed by atoms with Crippen molar-refractivity contribution in [3.8, 4) is 0 Å². The van der Waals surface area contributed by atoms with E-state index in [1.165, 1.54) is 25.7 Å². The Bertz CT molecular complexity index is 340. The van der Waals surface area contributed by atoms with Gasteiger partial charge in [-0.2, -0.15) is 0 Å². The van der Waals surface area contributed by atoms with Gasteiger partial charge in [0, 0.05) is 18.6 Å². The predicted molar refractivity (Wildman–Crippen MR) is 73.4 cm³/mol. The fraction of sp³-hybridized carbons (Fsp3) is 0.857. The normalized spacial score (nSPS) is 28.6. The molecule has 0 bridgehead atoms. The second-order valence-electron chi connectivity index (χ2n) is 5.93. The Morgan fingerprint density at radius 2 is 1.89 bits per heavy atom. The zero-order chi connectivity index (χ0) is 13.8. The largest absolute Gasteiger partial charge is 0.369 e. The van der Waals surface area contributed by atoms with Crippen LogP contribution in [0.4, 0.5) is 0 Å². The lowest BCUT2D eigenvalue weighted by Crippen LogP contribution is -2.51. The predicted octanol–water partition coefficient (Wildman–Crippen LogP) is 0.631. The fourth-order valence-electron chi connectivity index (χ4n) is 3.15. The lowest BCUT2D eigenvalue weighted by molar-refractivity contribution is -0.136. The van der Waals surface area contributed by atoms with Crippen LogP contribution < -0.4 is 11.1 Å². The van der Waals surface area contributed by atoms with E-state index in [1.807, 2.05) is 11.8 Å². The number of amides is 2. The lowest BCUT2D eigenvalue weighted by Gasteiger charge is -2.37. The van der Waals surface area contributed by atoms with Crippen LogP contribution in [-0.2, 0) is 9.59 Å². The monoisotopic (exact) mass is 267 g/mol. The number of nitrogens with two attached hydrogens (primary N) is 1. The maximum Gasteiger partial charge on any atom is 0.236 e. The first-order valence-electron chi connectivity index (χ1n) is 7.40. The second-order valence-corrected chi connectivity index (χ2v) is 5.93. The molecule has 1 aliphatic heterocycles. The third-order valence-corrected chi connectivity index (χ3v) is 4.50. The summed E-state index contributed by atoms with van der Waals surface area (Å²) < 4.78 is 0. The van der Waals surface area contributed by atoms with Gasteiger partial charge in [-0.15, -0.1) is 0 Å². The molecule has 1 saturated carbocycles.